The van der Waals surface area contributed by atoms with E-state index in [1.165, 1.54) is 0 Å². The zero-order valence-electron chi connectivity index (χ0n) is 13.7. The molecule has 2 aromatic carbocycles. The van der Waals surface area contributed by atoms with Crippen LogP contribution in [0.25, 0.3) is 11.1 Å². The zero-order valence-corrected chi connectivity index (χ0v) is 13.7. The molecule has 2 nitrogen and oxygen atoms in total. The van der Waals surface area contributed by atoms with E-state index in [4.69, 9.17) is 5.11 Å². The van der Waals surface area contributed by atoms with Crippen molar-refractivity contribution < 1.29 is 45.0 Å². The molecule has 0 heterocycles. The maximum absolute atomic E-state index is 14.2. The Kier molecular flexibility index (Phi) is 6.17. The van der Waals surface area contributed by atoms with Gasteiger partial charge in [0.2, 0.25) is 23.3 Å². The first-order valence-electron chi connectivity index (χ1n) is 7.69. The van der Waals surface area contributed by atoms with Crippen LogP contribution in [0.5, 0.6) is 11.5 Å². The van der Waals surface area contributed by atoms with Crippen molar-refractivity contribution in [3.8, 4) is 22.6 Å². The molecule has 2 aromatic rings. The lowest BCUT2D eigenvalue weighted by Gasteiger charge is -2.15. The molecule has 0 aliphatic rings. The first kappa shape index (κ1) is 20.8. The van der Waals surface area contributed by atoms with Gasteiger partial charge in [0.1, 0.15) is 0 Å². The number of ether oxygens (including phenoxy) is 1. The molecule has 148 valence electrons. The molecule has 27 heavy (non-hydrogen) atoms. The molecule has 0 aliphatic heterocycles. The minimum absolute atomic E-state index is 0.301. The van der Waals surface area contributed by atoms with Crippen LogP contribution < -0.4 is 4.74 Å². The van der Waals surface area contributed by atoms with Crippen LogP contribution in [0.3, 0.4) is 0 Å². The number of aromatic hydroxyl groups is 1. The minimum atomic E-state index is -2.43. The molecular weight excluding hydrogens is 388 g/mol. The predicted octanol–water partition coefficient (Wildman–Crippen LogP) is 5.74. The van der Waals surface area contributed by atoms with E-state index in [2.05, 4.69) is 4.74 Å². The summed E-state index contributed by atoms with van der Waals surface area (Å²) in [5.74, 6) is -22.1. The van der Waals surface area contributed by atoms with Gasteiger partial charge in [-0.25, -0.2) is 17.6 Å². The molecule has 0 spiro atoms. The van der Waals surface area contributed by atoms with E-state index in [0.717, 1.165) is 0 Å². The van der Waals surface area contributed by atoms with Crippen molar-refractivity contribution in [1.82, 2.24) is 0 Å². The largest absolute Gasteiger partial charge is 0.503 e. The number of halogens is 8. The normalized spacial score (nSPS) is 11.1. The van der Waals surface area contributed by atoms with Crippen molar-refractivity contribution in [2.75, 3.05) is 6.61 Å². The topological polar surface area (TPSA) is 29.5 Å². The smallest absolute Gasteiger partial charge is 0.204 e. The monoisotopic (exact) mass is 400 g/mol. The van der Waals surface area contributed by atoms with E-state index in [1.807, 2.05) is 6.92 Å². The number of hydrogen-bond donors (Lipinski definition) is 1. The van der Waals surface area contributed by atoms with E-state index >= 15 is 0 Å². The second-order valence-electron chi connectivity index (χ2n) is 5.50. The van der Waals surface area contributed by atoms with Crippen LogP contribution in [-0.2, 0) is 0 Å². The van der Waals surface area contributed by atoms with Gasteiger partial charge in [0, 0.05) is 0 Å². The molecule has 0 bridgehead atoms. The average molecular weight is 400 g/mol. The number of phenols is 1. The molecule has 0 unspecified atom stereocenters. The quantitative estimate of drug-likeness (QED) is 0.381. The Morgan fingerprint density at radius 1 is 0.630 bits per heavy atom. The van der Waals surface area contributed by atoms with E-state index in [1.54, 1.807) is 0 Å². The maximum atomic E-state index is 14.2. The van der Waals surface area contributed by atoms with Crippen LogP contribution in [0.2, 0.25) is 0 Å². The molecular formula is C17H12F8O2. The second-order valence-corrected chi connectivity index (χ2v) is 5.50. The summed E-state index contributed by atoms with van der Waals surface area (Å²) < 4.78 is 116. The molecule has 0 amide bonds. The first-order chi connectivity index (χ1) is 12.6. The van der Waals surface area contributed by atoms with Crippen molar-refractivity contribution in [2.45, 2.75) is 26.2 Å². The SMILES string of the molecule is CCCCCOc1c(F)c(F)c(-c2c(F)c(F)c(O)c(F)c2F)c(F)c1F. The summed E-state index contributed by atoms with van der Waals surface area (Å²) in [4.78, 5) is 0. The third-order valence-electron chi connectivity index (χ3n) is 3.71. The van der Waals surface area contributed by atoms with E-state index in [0.29, 0.717) is 19.3 Å². The lowest BCUT2D eigenvalue weighted by molar-refractivity contribution is 0.265. The van der Waals surface area contributed by atoms with Crippen LogP contribution in [-0.4, -0.2) is 11.7 Å². The Hall–Kier alpha value is -2.52. The van der Waals surface area contributed by atoms with E-state index in [-0.39, 0.29) is 6.61 Å². The number of unbranched alkanes of at least 4 members (excludes halogenated alkanes) is 2. The molecule has 0 saturated carbocycles. The summed E-state index contributed by atoms with van der Waals surface area (Å²) in [7, 11) is 0. The minimum Gasteiger partial charge on any atom is -0.503 e. The van der Waals surface area contributed by atoms with Crippen molar-refractivity contribution in [3.63, 3.8) is 0 Å². The highest BCUT2D eigenvalue weighted by molar-refractivity contribution is 5.69. The molecule has 1 N–H and O–H groups in total. The molecule has 0 aromatic heterocycles. The Balaban J connectivity index is 2.68. The summed E-state index contributed by atoms with van der Waals surface area (Å²) in [5.41, 5.74) is -4.06. The van der Waals surface area contributed by atoms with Crippen LogP contribution in [0.4, 0.5) is 35.1 Å². The average Bonchev–Trinajstić information content (AvgIpc) is 2.65. The van der Waals surface area contributed by atoms with Gasteiger partial charge in [0.15, 0.2) is 34.8 Å². The third kappa shape index (κ3) is 3.52. The standard InChI is InChI=1S/C17H12F8O2/c1-2-3-4-5-27-17-14(24)10(20)7(11(21)15(17)25)6-8(18)12(22)16(26)13(23)9(6)19/h26H,2-5H2,1H3. The number of benzene rings is 2. The third-order valence-corrected chi connectivity index (χ3v) is 3.71. The van der Waals surface area contributed by atoms with Gasteiger partial charge in [-0.2, -0.15) is 17.6 Å². The van der Waals surface area contributed by atoms with Crippen molar-refractivity contribution in [1.29, 1.82) is 0 Å². The highest BCUT2D eigenvalue weighted by Gasteiger charge is 2.34. The van der Waals surface area contributed by atoms with Crippen LogP contribution in [0.1, 0.15) is 26.2 Å². The van der Waals surface area contributed by atoms with Crippen molar-refractivity contribution >= 4 is 0 Å². The molecule has 0 saturated heterocycles. The molecule has 2 rings (SSSR count). The fourth-order valence-electron chi connectivity index (χ4n) is 2.32. The van der Waals surface area contributed by atoms with Gasteiger partial charge >= 0.3 is 0 Å². The van der Waals surface area contributed by atoms with Gasteiger partial charge < -0.3 is 9.84 Å². The Morgan fingerprint density at radius 3 is 1.44 bits per heavy atom. The Bertz CT molecular complexity index is 824. The van der Waals surface area contributed by atoms with Gasteiger partial charge in [-0.05, 0) is 6.42 Å². The summed E-state index contributed by atoms with van der Waals surface area (Å²) in [6, 6.07) is 0. The molecule has 0 radical (unpaired) electrons. The summed E-state index contributed by atoms with van der Waals surface area (Å²) in [6.45, 7) is 1.51. The lowest BCUT2D eigenvalue weighted by Crippen LogP contribution is -2.10. The Labute approximate surface area is 148 Å². The molecule has 0 fully saturated rings. The molecule has 0 aliphatic carbocycles. The Morgan fingerprint density at radius 2 is 1.04 bits per heavy atom. The van der Waals surface area contributed by atoms with E-state index < -0.39 is 69.2 Å². The molecule has 10 heteroatoms. The lowest BCUT2D eigenvalue weighted by atomic mass is 10.0. The van der Waals surface area contributed by atoms with E-state index in [9.17, 15) is 35.1 Å². The highest BCUT2D eigenvalue weighted by Crippen LogP contribution is 2.41. The summed E-state index contributed by atoms with van der Waals surface area (Å²) in [6.07, 6.45) is 1.61. The van der Waals surface area contributed by atoms with Gasteiger partial charge in [-0.1, -0.05) is 19.8 Å². The van der Waals surface area contributed by atoms with Crippen molar-refractivity contribution in [2.24, 2.45) is 0 Å². The number of hydrogen-bond acceptors (Lipinski definition) is 2. The van der Waals surface area contributed by atoms with Crippen LogP contribution >= 0.6 is 0 Å². The fraction of sp³-hybridized carbons (Fsp3) is 0.294. The maximum Gasteiger partial charge on any atom is 0.204 e. The van der Waals surface area contributed by atoms with Crippen LogP contribution in [0, 0.1) is 46.5 Å². The summed E-state index contributed by atoms with van der Waals surface area (Å²) >= 11 is 0. The van der Waals surface area contributed by atoms with Crippen molar-refractivity contribution in [3.05, 3.63) is 46.5 Å². The second kappa shape index (κ2) is 8.01. The fourth-order valence-corrected chi connectivity index (χ4v) is 2.32. The molecule has 0 atom stereocenters. The number of rotatable bonds is 6. The van der Waals surface area contributed by atoms with Gasteiger partial charge in [0.25, 0.3) is 0 Å². The number of phenolic OH excluding ortho intramolecular Hbond substituents is 1. The predicted molar refractivity (Wildman–Crippen MR) is 78.2 cm³/mol. The van der Waals surface area contributed by atoms with Gasteiger partial charge in [0.05, 0.1) is 17.7 Å². The zero-order chi connectivity index (χ0) is 20.5. The highest BCUT2D eigenvalue weighted by atomic mass is 19.2. The summed E-state index contributed by atoms with van der Waals surface area (Å²) in [5, 5.41) is 8.89. The van der Waals surface area contributed by atoms with Gasteiger partial charge in [-0.3, -0.25) is 0 Å². The van der Waals surface area contributed by atoms with Gasteiger partial charge in [-0.15, -0.1) is 0 Å². The van der Waals surface area contributed by atoms with Crippen LogP contribution in [0.15, 0.2) is 0 Å². The first-order valence-corrected chi connectivity index (χ1v) is 7.69.